The van der Waals surface area contributed by atoms with E-state index in [1.54, 1.807) is 6.92 Å². The minimum absolute atomic E-state index is 0.625. The van der Waals surface area contributed by atoms with E-state index in [0.717, 1.165) is 5.56 Å². The Kier molecular flexibility index (Phi) is 1.86. The van der Waals surface area contributed by atoms with Crippen LogP contribution in [0.5, 0.6) is 0 Å². The lowest BCUT2D eigenvalue weighted by atomic mass is 10.1. The summed E-state index contributed by atoms with van der Waals surface area (Å²) >= 11 is 0. The quantitative estimate of drug-likeness (QED) is 0.569. The first-order valence-corrected chi connectivity index (χ1v) is 3.32. The molecule has 0 aliphatic carbocycles. The van der Waals surface area contributed by atoms with Crippen LogP contribution in [0.15, 0.2) is 24.3 Å². The van der Waals surface area contributed by atoms with E-state index in [-0.39, 0.29) is 0 Å². The molecule has 0 saturated heterocycles. The van der Waals surface area contributed by atoms with Gasteiger partial charge in [0, 0.05) is 5.71 Å². The van der Waals surface area contributed by atoms with E-state index in [2.05, 4.69) is 0 Å². The fourth-order valence-corrected chi connectivity index (χ4v) is 0.804. The molecular weight excluding hydrogens is 122 g/mol. The molecule has 0 fully saturated rings. The molecule has 0 aliphatic heterocycles. The summed E-state index contributed by atoms with van der Waals surface area (Å²) in [5.74, 6) is 0. The van der Waals surface area contributed by atoms with Gasteiger partial charge in [0.25, 0.3) is 0 Å². The fourth-order valence-electron chi connectivity index (χ4n) is 0.804. The third-order valence-corrected chi connectivity index (χ3v) is 1.48. The molecule has 0 bridgehead atoms. The number of benzene rings is 1. The van der Waals surface area contributed by atoms with Crippen LogP contribution in [0.2, 0.25) is 0 Å². The van der Waals surface area contributed by atoms with E-state index in [9.17, 15) is 0 Å². The van der Waals surface area contributed by atoms with Crippen molar-refractivity contribution >= 4 is 5.71 Å². The van der Waals surface area contributed by atoms with Crippen molar-refractivity contribution in [1.82, 2.24) is 0 Å². The van der Waals surface area contributed by atoms with E-state index in [1.165, 1.54) is 5.56 Å². The lowest BCUT2D eigenvalue weighted by Crippen LogP contribution is -1.90. The highest BCUT2D eigenvalue weighted by atomic mass is 14.4. The highest BCUT2D eigenvalue weighted by molar-refractivity contribution is 5.96. The highest BCUT2D eigenvalue weighted by Crippen LogP contribution is 2.02. The molecule has 1 nitrogen and oxygen atoms in total. The first-order valence-electron chi connectivity index (χ1n) is 3.32. The lowest BCUT2D eigenvalue weighted by Gasteiger charge is -1.96. The molecule has 1 rings (SSSR count). The number of nitrogens with one attached hydrogen (secondary N) is 1. The Bertz CT molecular complexity index is 233. The van der Waals surface area contributed by atoms with Crippen molar-refractivity contribution in [2.45, 2.75) is 13.8 Å². The Hall–Kier alpha value is -1.11. The Balaban J connectivity index is 3.00. The second kappa shape index (κ2) is 2.65. The molecule has 0 aromatic heterocycles. The Morgan fingerprint density at radius 1 is 1.20 bits per heavy atom. The molecule has 1 heteroatoms. The van der Waals surface area contributed by atoms with Gasteiger partial charge in [0.2, 0.25) is 0 Å². The molecule has 1 N–H and O–H groups in total. The second-order valence-corrected chi connectivity index (χ2v) is 2.49. The van der Waals surface area contributed by atoms with Crippen LogP contribution in [0.3, 0.4) is 0 Å². The number of aryl methyl sites for hydroxylation is 1. The van der Waals surface area contributed by atoms with E-state index >= 15 is 0 Å². The van der Waals surface area contributed by atoms with Crippen molar-refractivity contribution in [2.75, 3.05) is 0 Å². The van der Waals surface area contributed by atoms with Crippen molar-refractivity contribution in [3.63, 3.8) is 0 Å². The normalized spacial score (nSPS) is 9.40. The smallest absolute Gasteiger partial charge is 0.0355 e. The molecule has 0 radical (unpaired) electrons. The Labute approximate surface area is 61.2 Å². The van der Waals surface area contributed by atoms with E-state index in [0.29, 0.717) is 5.71 Å². The molecule has 0 heterocycles. The number of hydrogen-bond donors (Lipinski definition) is 1. The second-order valence-electron chi connectivity index (χ2n) is 2.49. The van der Waals surface area contributed by atoms with Crippen LogP contribution in [0.1, 0.15) is 18.1 Å². The van der Waals surface area contributed by atoms with Gasteiger partial charge < -0.3 is 5.41 Å². The van der Waals surface area contributed by atoms with E-state index in [1.807, 2.05) is 31.2 Å². The first-order chi connectivity index (χ1) is 4.70. The van der Waals surface area contributed by atoms with Gasteiger partial charge >= 0.3 is 0 Å². The molecular formula is C9H11N. The molecule has 1 aromatic carbocycles. The van der Waals surface area contributed by atoms with Crippen molar-refractivity contribution in [3.8, 4) is 0 Å². The summed E-state index contributed by atoms with van der Waals surface area (Å²) in [7, 11) is 0. The van der Waals surface area contributed by atoms with E-state index in [4.69, 9.17) is 5.41 Å². The summed E-state index contributed by atoms with van der Waals surface area (Å²) in [6, 6.07) is 7.98. The largest absolute Gasteiger partial charge is 0.305 e. The average Bonchev–Trinajstić information content (AvgIpc) is 1.88. The van der Waals surface area contributed by atoms with Gasteiger partial charge in [0.1, 0.15) is 0 Å². The summed E-state index contributed by atoms with van der Waals surface area (Å²) in [4.78, 5) is 0. The zero-order valence-electron chi connectivity index (χ0n) is 6.31. The summed E-state index contributed by atoms with van der Waals surface area (Å²) in [6.07, 6.45) is 0. The highest BCUT2D eigenvalue weighted by Gasteiger charge is 1.91. The molecule has 0 amide bonds. The van der Waals surface area contributed by atoms with Crippen LogP contribution in [-0.4, -0.2) is 5.71 Å². The molecule has 0 spiro atoms. The van der Waals surface area contributed by atoms with Gasteiger partial charge in [-0.1, -0.05) is 29.8 Å². The molecule has 0 unspecified atom stereocenters. The molecule has 0 aliphatic rings. The van der Waals surface area contributed by atoms with Gasteiger partial charge in [-0.15, -0.1) is 0 Å². The molecule has 0 saturated carbocycles. The monoisotopic (exact) mass is 133 g/mol. The molecule has 52 valence electrons. The van der Waals surface area contributed by atoms with Gasteiger partial charge in [0.15, 0.2) is 0 Å². The Morgan fingerprint density at radius 2 is 1.70 bits per heavy atom. The SMILES string of the molecule is CC(=N)c1ccc(C)cc1. The minimum Gasteiger partial charge on any atom is -0.305 e. The maximum Gasteiger partial charge on any atom is 0.0355 e. The van der Waals surface area contributed by atoms with Crippen molar-refractivity contribution < 1.29 is 0 Å². The third-order valence-electron chi connectivity index (χ3n) is 1.48. The van der Waals surface area contributed by atoms with Gasteiger partial charge in [-0.25, -0.2) is 0 Å². The fraction of sp³-hybridized carbons (Fsp3) is 0.222. The van der Waals surface area contributed by atoms with Gasteiger partial charge in [-0.3, -0.25) is 0 Å². The standard InChI is InChI=1S/C9H11N/c1-7-3-5-9(6-4-7)8(2)10/h3-6,10H,1-2H3. The van der Waals surface area contributed by atoms with E-state index < -0.39 is 0 Å². The summed E-state index contributed by atoms with van der Waals surface area (Å²) in [5.41, 5.74) is 2.87. The minimum atomic E-state index is 0.625. The van der Waals surface area contributed by atoms with Crippen LogP contribution < -0.4 is 0 Å². The van der Waals surface area contributed by atoms with Gasteiger partial charge in [-0.05, 0) is 19.4 Å². The van der Waals surface area contributed by atoms with Crippen LogP contribution in [0.4, 0.5) is 0 Å². The predicted octanol–water partition coefficient (Wildman–Crippen LogP) is 2.38. The zero-order chi connectivity index (χ0) is 7.56. The summed E-state index contributed by atoms with van der Waals surface area (Å²) in [5, 5.41) is 7.31. The predicted molar refractivity (Wildman–Crippen MR) is 43.7 cm³/mol. The zero-order valence-corrected chi connectivity index (χ0v) is 6.31. The Morgan fingerprint density at radius 3 is 2.10 bits per heavy atom. The number of hydrogen-bond acceptors (Lipinski definition) is 1. The van der Waals surface area contributed by atoms with Crippen LogP contribution in [0.25, 0.3) is 0 Å². The van der Waals surface area contributed by atoms with Crippen molar-refractivity contribution in [3.05, 3.63) is 35.4 Å². The van der Waals surface area contributed by atoms with Crippen LogP contribution >= 0.6 is 0 Å². The van der Waals surface area contributed by atoms with Gasteiger partial charge in [-0.2, -0.15) is 0 Å². The summed E-state index contributed by atoms with van der Waals surface area (Å²) in [6.45, 7) is 3.84. The summed E-state index contributed by atoms with van der Waals surface area (Å²) < 4.78 is 0. The topological polar surface area (TPSA) is 23.9 Å². The first kappa shape index (κ1) is 7.00. The maximum absolute atomic E-state index is 7.31. The molecule has 10 heavy (non-hydrogen) atoms. The lowest BCUT2D eigenvalue weighted by molar-refractivity contribution is 1.42. The van der Waals surface area contributed by atoms with Crippen molar-refractivity contribution in [2.24, 2.45) is 0 Å². The van der Waals surface area contributed by atoms with Crippen LogP contribution in [-0.2, 0) is 0 Å². The number of rotatable bonds is 1. The van der Waals surface area contributed by atoms with Crippen molar-refractivity contribution in [1.29, 1.82) is 5.41 Å². The molecule has 1 aromatic rings. The third kappa shape index (κ3) is 1.44. The average molecular weight is 133 g/mol. The van der Waals surface area contributed by atoms with Gasteiger partial charge in [0.05, 0.1) is 0 Å². The van der Waals surface area contributed by atoms with Crippen LogP contribution in [0, 0.1) is 12.3 Å². The molecule has 0 atom stereocenters. The maximum atomic E-state index is 7.31.